The zero-order valence-electron chi connectivity index (χ0n) is 22.2. The molecule has 4 unspecified atom stereocenters. The van der Waals surface area contributed by atoms with Gasteiger partial charge in [-0.2, -0.15) is 5.26 Å². The molecule has 3 aromatic rings. The van der Waals surface area contributed by atoms with E-state index in [1.54, 1.807) is 42.0 Å². The second-order valence-corrected chi connectivity index (χ2v) is 11.8. The molecular weight excluding hydrogens is 480 g/mol. The van der Waals surface area contributed by atoms with Gasteiger partial charge >= 0.3 is 0 Å². The lowest BCUT2D eigenvalue weighted by atomic mass is 9.85. The predicted octanol–water partition coefficient (Wildman–Crippen LogP) is 3.11. The summed E-state index contributed by atoms with van der Waals surface area (Å²) in [7, 11) is 0. The summed E-state index contributed by atoms with van der Waals surface area (Å²) in [5.41, 5.74) is 1.25. The summed E-state index contributed by atoms with van der Waals surface area (Å²) < 4.78 is 0. The molecule has 1 aliphatic heterocycles. The van der Waals surface area contributed by atoms with Crippen molar-refractivity contribution in [2.75, 3.05) is 11.9 Å². The average Bonchev–Trinajstić information content (AvgIpc) is 3.22. The number of nitriles is 1. The molecule has 196 valence electrons. The fraction of sp³-hybridized carbons (Fsp3) is 0.464. The number of hydrogen-bond donors (Lipinski definition) is 2. The van der Waals surface area contributed by atoms with Gasteiger partial charge in [0.05, 0.1) is 29.7 Å². The van der Waals surface area contributed by atoms with E-state index in [0.29, 0.717) is 23.3 Å². The van der Waals surface area contributed by atoms with Gasteiger partial charge in [-0.15, -0.1) is 0 Å². The Morgan fingerprint density at radius 1 is 1.16 bits per heavy atom. The third kappa shape index (κ3) is 4.42. The fourth-order valence-corrected chi connectivity index (χ4v) is 5.81. The largest absolute Gasteiger partial charge is 0.371 e. The highest BCUT2D eigenvalue weighted by atomic mass is 16.2. The molecule has 5 rings (SSSR count). The van der Waals surface area contributed by atoms with Gasteiger partial charge in [-0.05, 0) is 34.8 Å². The number of nitrogens with one attached hydrogen (secondary N) is 2. The molecule has 1 aliphatic carbocycles. The van der Waals surface area contributed by atoms with Gasteiger partial charge in [0.25, 0.3) is 0 Å². The van der Waals surface area contributed by atoms with E-state index >= 15 is 0 Å². The molecule has 2 amide bonds. The van der Waals surface area contributed by atoms with E-state index in [0.717, 1.165) is 5.39 Å². The summed E-state index contributed by atoms with van der Waals surface area (Å²) in [5, 5.41) is 17.0. The topological polar surface area (TPSA) is 137 Å². The first-order valence-corrected chi connectivity index (χ1v) is 12.7. The third-order valence-electron chi connectivity index (χ3n) is 8.01. The summed E-state index contributed by atoms with van der Waals surface area (Å²) in [5.74, 6) is -0.280. The molecule has 0 spiro atoms. The maximum Gasteiger partial charge on any atom is 0.246 e. The summed E-state index contributed by atoms with van der Waals surface area (Å²) >= 11 is 0. The van der Waals surface area contributed by atoms with Crippen molar-refractivity contribution in [1.82, 2.24) is 30.2 Å². The first kappa shape index (κ1) is 25.5. The lowest BCUT2D eigenvalue weighted by Crippen LogP contribution is -2.56. The van der Waals surface area contributed by atoms with Crippen molar-refractivity contribution in [1.29, 1.82) is 5.26 Å². The van der Waals surface area contributed by atoms with E-state index in [1.165, 1.54) is 6.33 Å². The SMILES string of the molecule is CC1(C)C2CN(C(=O)[C@@H](Nc3cncnc3)C(C)(C)C)C(C(=O)NC(C#N)c3cncc4cccnc34)C21. The van der Waals surface area contributed by atoms with Gasteiger partial charge in [-0.1, -0.05) is 34.6 Å². The summed E-state index contributed by atoms with van der Waals surface area (Å²) in [6.07, 6.45) is 9.56. The van der Waals surface area contributed by atoms with Crippen molar-refractivity contribution in [3.63, 3.8) is 0 Å². The van der Waals surface area contributed by atoms with Crippen molar-refractivity contribution in [3.8, 4) is 6.07 Å². The molecule has 10 nitrogen and oxygen atoms in total. The average molecular weight is 513 g/mol. The van der Waals surface area contributed by atoms with Crippen molar-refractivity contribution >= 4 is 28.4 Å². The maximum absolute atomic E-state index is 14.0. The van der Waals surface area contributed by atoms with Gasteiger partial charge < -0.3 is 15.5 Å². The number of nitrogens with zero attached hydrogens (tertiary/aromatic N) is 6. The third-order valence-corrected chi connectivity index (χ3v) is 8.01. The zero-order valence-corrected chi connectivity index (χ0v) is 22.2. The minimum atomic E-state index is -0.954. The summed E-state index contributed by atoms with van der Waals surface area (Å²) in [6.45, 7) is 10.7. The van der Waals surface area contributed by atoms with Crippen LogP contribution in [0.25, 0.3) is 10.9 Å². The molecule has 3 aromatic heterocycles. The van der Waals surface area contributed by atoms with Crippen LogP contribution in [0.15, 0.2) is 49.4 Å². The minimum absolute atomic E-state index is 0.00948. The Morgan fingerprint density at radius 3 is 2.58 bits per heavy atom. The van der Waals surface area contributed by atoms with E-state index in [-0.39, 0.29) is 29.1 Å². The number of likely N-dealkylation sites (tertiary alicyclic amines) is 1. The van der Waals surface area contributed by atoms with Crippen LogP contribution >= 0.6 is 0 Å². The van der Waals surface area contributed by atoms with Crippen molar-refractivity contribution in [2.24, 2.45) is 22.7 Å². The normalized spacial score (nSPS) is 23.2. The Balaban J connectivity index is 1.43. The standard InChI is InChI=1S/C28H32N8O2/c1-27(2,3)24(34-17-11-31-15-32-12-17)26(38)36-14-19-21(28(19,4)5)23(36)25(37)35-20(9-29)18-13-30-10-16-7-6-8-33-22(16)18/h6-8,10-13,15,19-21,23-24,34H,14H2,1-5H3,(H,35,37)/t19?,20?,21?,23?,24-/m1/s1. The first-order valence-electron chi connectivity index (χ1n) is 12.7. The molecule has 1 saturated carbocycles. The van der Waals surface area contributed by atoms with Crippen molar-refractivity contribution in [2.45, 2.75) is 52.7 Å². The number of rotatable bonds is 6. The lowest BCUT2D eigenvalue weighted by Gasteiger charge is -2.38. The van der Waals surface area contributed by atoms with E-state index in [4.69, 9.17) is 0 Å². The number of carbonyl (C=O) groups excluding carboxylic acids is 2. The molecule has 0 bridgehead atoms. The van der Waals surface area contributed by atoms with Gasteiger partial charge in [0, 0.05) is 36.1 Å². The molecule has 2 N–H and O–H groups in total. The van der Waals surface area contributed by atoms with Crippen LogP contribution < -0.4 is 10.6 Å². The highest BCUT2D eigenvalue weighted by molar-refractivity contribution is 5.94. The van der Waals surface area contributed by atoms with Gasteiger partial charge in [0.15, 0.2) is 0 Å². The Morgan fingerprint density at radius 2 is 1.89 bits per heavy atom. The predicted molar refractivity (Wildman–Crippen MR) is 141 cm³/mol. The van der Waals surface area contributed by atoms with Crippen LogP contribution in [-0.2, 0) is 9.59 Å². The Hall–Kier alpha value is -4.13. The smallest absolute Gasteiger partial charge is 0.246 e. The second kappa shape index (κ2) is 9.31. The van der Waals surface area contributed by atoms with E-state index < -0.39 is 23.5 Å². The molecule has 1 saturated heterocycles. The monoisotopic (exact) mass is 512 g/mol. The van der Waals surface area contributed by atoms with Crippen LogP contribution in [0.2, 0.25) is 0 Å². The number of pyridine rings is 2. The van der Waals surface area contributed by atoms with E-state index in [1.807, 2.05) is 26.8 Å². The molecule has 10 heteroatoms. The van der Waals surface area contributed by atoms with Crippen LogP contribution in [0.3, 0.4) is 0 Å². The molecule has 0 radical (unpaired) electrons. The van der Waals surface area contributed by atoms with Crippen LogP contribution in [0.1, 0.15) is 46.2 Å². The van der Waals surface area contributed by atoms with Crippen LogP contribution in [-0.4, -0.2) is 55.3 Å². The van der Waals surface area contributed by atoms with E-state index in [9.17, 15) is 14.9 Å². The molecular formula is C28H32N8O2. The van der Waals surface area contributed by atoms with Gasteiger partial charge in [-0.25, -0.2) is 9.97 Å². The number of aromatic nitrogens is 4. The van der Waals surface area contributed by atoms with Crippen LogP contribution in [0, 0.1) is 34.0 Å². The van der Waals surface area contributed by atoms with Crippen molar-refractivity contribution in [3.05, 3.63) is 55.0 Å². The van der Waals surface area contributed by atoms with E-state index in [2.05, 4.69) is 50.5 Å². The first-order chi connectivity index (χ1) is 18.0. The maximum atomic E-state index is 14.0. The Bertz CT molecular complexity index is 1410. The number of carbonyl (C=O) groups is 2. The number of piperidine rings is 1. The number of amides is 2. The Labute approximate surface area is 221 Å². The Kier molecular flexibility index (Phi) is 6.25. The minimum Gasteiger partial charge on any atom is -0.371 e. The molecule has 4 heterocycles. The highest BCUT2D eigenvalue weighted by Gasteiger charge is 2.69. The van der Waals surface area contributed by atoms with Gasteiger partial charge in [-0.3, -0.25) is 19.6 Å². The van der Waals surface area contributed by atoms with Crippen molar-refractivity contribution < 1.29 is 9.59 Å². The molecule has 5 atom stereocenters. The second-order valence-electron chi connectivity index (χ2n) is 11.8. The quantitative estimate of drug-likeness (QED) is 0.514. The number of fused-ring (bicyclic) bond motifs is 2. The molecule has 2 aliphatic rings. The molecule has 0 aromatic carbocycles. The summed E-state index contributed by atoms with van der Waals surface area (Å²) in [6, 6.07) is 3.61. The highest BCUT2D eigenvalue weighted by Crippen LogP contribution is 2.65. The number of hydrogen-bond acceptors (Lipinski definition) is 8. The lowest BCUT2D eigenvalue weighted by molar-refractivity contribution is -0.142. The fourth-order valence-electron chi connectivity index (χ4n) is 5.81. The molecule has 38 heavy (non-hydrogen) atoms. The van der Waals surface area contributed by atoms with Gasteiger partial charge in [0.2, 0.25) is 11.8 Å². The summed E-state index contributed by atoms with van der Waals surface area (Å²) in [4.78, 5) is 46.3. The van der Waals surface area contributed by atoms with Crippen LogP contribution in [0.5, 0.6) is 0 Å². The zero-order chi connectivity index (χ0) is 27.2. The van der Waals surface area contributed by atoms with Crippen LogP contribution in [0.4, 0.5) is 5.69 Å². The number of anilines is 1. The molecule has 2 fully saturated rings. The van der Waals surface area contributed by atoms with Gasteiger partial charge in [0.1, 0.15) is 24.5 Å².